The molecule has 4 heterocycles. The average Bonchev–Trinajstić information content (AvgIpc) is 2.83. The van der Waals surface area contributed by atoms with E-state index in [2.05, 4.69) is 25.6 Å². The van der Waals surface area contributed by atoms with Gasteiger partial charge in [-0.15, -0.1) is 0 Å². The standard InChI is InChI=1S/C8H10N4O4/c13-8-1-3(4-2-14-7(8)15-4)9-5-6(10-8)12-16-11-5/h3-4,7,13H,1-2H2,(H,9,11)(H,10,12)/t3-,4+,7+,8-/m0/s1. The van der Waals surface area contributed by atoms with Crippen LogP contribution >= 0.6 is 0 Å². The third kappa shape index (κ3) is 0.984. The molecule has 1 aromatic heterocycles. The molecular formula is C8H10N4O4. The summed E-state index contributed by atoms with van der Waals surface area (Å²) < 4.78 is 15.6. The lowest BCUT2D eigenvalue weighted by molar-refractivity contribution is -0.200. The largest absolute Gasteiger partial charge is 0.366 e. The molecule has 3 aliphatic rings. The SMILES string of the molecule is O[C@]12C[C@H](Nc3nonc3N1)[C@H]1CO[C@@H]2O1. The van der Waals surface area contributed by atoms with Crippen molar-refractivity contribution in [3.8, 4) is 0 Å². The lowest BCUT2D eigenvalue weighted by atomic mass is 9.97. The van der Waals surface area contributed by atoms with Crippen LogP contribution in [0.25, 0.3) is 0 Å². The lowest BCUT2D eigenvalue weighted by Crippen LogP contribution is -2.57. The Morgan fingerprint density at radius 3 is 3.19 bits per heavy atom. The second-order valence-corrected chi connectivity index (χ2v) is 4.31. The minimum absolute atomic E-state index is 0.0654. The predicted octanol–water partition coefficient (Wildman–Crippen LogP) is -0.891. The highest BCUT2D eigenvalue weighted by Crippen LogP contribution is 2.40. The number of fused-ring (bicyclic) bond motifs is 7. The van der Waals surface area contributed by atoms with Crippen molar-refractivity contribution in [3.63, 3.8) is 0 Å². The summed E-state index contributed by atoms with van der Waals surface area (Å²) >= 11 is 0. The summed E-state index contributed by atoms with van der Waals surface area (Å²) in [5.41, 5.74) is -1.28. The van der Waals surface area contributed by atoms with Crippen LogP contribution in [0.1, 0.15) is 6.42 Å². The molecule has 0 amide bonds. The van der Waals surface area contributed by atoms with Crippen LogP contribution in [-0.4, -0.2) is 46.2 Å². The molecule has 0 aromatic carbocycles. The number of ether oxygens (including phenoxy) is 2. The van der Waals surface area contributed by atoms with Crippen molar-refractivity contribution in [1.29, 1.82) is 0 Å². The maximum atomic E-state index is 10.4. The maximum absolute atomic E-state index is 10.4. The molecule has 3 aliphatic heterocycles. The van der Waals surface area contributed by atoms with E-state index in [1.165, 1.54) is 0 Å². The summed E-state index contributed by atoms with van der Waals surface area (Å²) in [6.45, 7) is 0.465. The van der Waals surface area contributed by atoms with E-state index in [0.717, 1.165) is 0 Å². The Balaban J connectivity index is 1.82. The number of rotatable bonds is 0. The number of anilines is 2. The van der Waals surface area contributed by atoms with Gasteiger partial charge in [-0.2, -0.15) is 0 Å². The highest BCUT2D eigenvalue weighted by atomic mass is 16.7. The molecule has 86 valence electrons. The Morgan fingerprint density at radius 2 is 2.25 bits per heavy atom. The van der Waals surface area contributed by atoms with Crippen LogP contribution < -0.4 is 10.6 Å². The molecule has 4 atom stereocenters. The van der Waals surface area contributed by atoms with Gasteiger partial charge in [0.05, 0.1) is 12.6 Å². The molecule has 0 spiro atoms. The Bertz CT molecular complexity index is 437. The second-order valence-electron chi connectivity index (χ2n) is 4.31. The van der Waals surface area contributed by atoms with Gasteiger partial charge in [-0.3, -0.25) is 0 Å². The molecule has 0 unspecified atom stereocenters. The highest BCUT2D eigenvalue weighted by molar-refractivity contribution is 5.61. The van der Waals surface area contributed by atoms with E-state index >= 15 is 0 Å². The summed E-state index contributed by atoms with van der Waals surface area (Å²) in [5, 5.41) is 23.8. The molecule has 0 radical (unpaired) electrons. The van der Waals surface area contributed by atoms with Crippen molar-refractivity contribution in [3.05, 3.63) is 0 Å². The summed E-state index contributed by atoms with van der Waals surface area (Å²) in [6.07, 6.45) is -0.270. The number of aliphatic hydroxyl groups is 1. The molecule has 1 aromatic rings. The topological polar surface area (TPSA) is 102 Å². The zero-order valence-electron chi connectivity index (χ0n) is 8.21. The quantitative estimate of drug-likeness (QED) is 0.523. The summed E-state index contributed by atoms with van der Waals surface area (Å²) in [7, 11) is 0. The van der Waals surface area contributed by atoms with Gasteiger partial charge in [0, 0.05) is 6.42 Å². The predicted molar refractivity (Wildman–Crippen MR) is 49.5 cm³/mol. The summed E-state index contributed by atoms with van der Waals surface area (Å²) in [6, 6.07) is -0.0654. The van der Waals surface area contributed by atoms with Gasteiger partial charge in [-0.1, -0.05) is 0 Å². The smallest absolute Gasteiger partial charge is 0.217 e. The van der Waals surface area contributed by atoms with E-state index in [-0.39, 0.29) is 12.1 Å². The summed E-state index contributed by atoms with van der Waals surface area (Å²) in [4.78, 5) is 0. The van der Waals surface area contributed by atoms with Crippen LogP contribution in [0.15, 0.2) is 4.63 Å². The Morgan fingerprint density at radius 1 is 1.38 bits per heavy atom. The fourth-order valence-corrected chi connectivity index (χ4v) is 2.44. The zero-order valence-corrected chi connectivity index (χ0v) is 8.21. The lowest BCUT2D eigenvalue weighted by Gasteiger charge is -2.38. The number of nitrogens with zero attached hydrogens (tertiary/aromatic N) is 2. The molecule has 3 N–H and O–H groups in total. The van der Waals surface area contributed by atoms with Gasteiger partial charge in [0.2, 0.25) is 17.9 Å². The normalized spacial score (nSPS) is 44.2. The Labute approximate surface area is 89.9 Å². The fraction of sp³-hybridized carbons (Fsp3) is 0.750. The van der Waals surface area contributed by atoms with Gasteiger partial charge in [0.15, 0.2) is 5.72 Å². The minimum Gasteiger partial charge on any atom is -0.366 e. The summed E-state index contributed by atoms with van der Waals surface area (Å²) in [5.74, 6) is 0.877. The number of aromatic nitrogens is 2. The van der Waals surface area contributed by atoms with E-state index in [9.17, 15) is 5.11 Å². The zero-order chi connectivity index (χ0) is 10.8. The van der Waals surface area contributed by atoms with Gasteiger partial charge >= 0.3 is 0 Å². The average molecular weight is 226 g/mol. The van der Waals surface area contributed by atoms with Gasteiger partial charge in [0.25, 0.3) is 0 Å². The van der Waals surface area contributed by atoms with E-state index < -0.39 is 12.0 Å². The first-order valence-electron chi connectivity index (χ1n) is 5.11. The molecule has 0 saturated carbocycles. The fourth-order valence-electron chi connectivity index (χ4n) is 2.44. The van der Waals surface area contributed by atoms with Crippen molar-refractivity contribution in [1.82, 2.24) is 10.3 Å². The van der Waals surface area contributed by atoms with Crippen molar-refractivity contribution >= 4 is 11.6 Å². The first-order chi connectivity index (χ1) is 7.74. The first-order valence-corrected chi connectivity index (χ1v) is 5.11. The molecule has 2 saturated heterocycles. The van der Waals surface area contributed by atoms with Crippen molar-refractivity contribution in [2.45, 2.75) is 30.6 Å². The van der Waals surface area contributed by atoms with Crippen LogP contribution in [0, 0.1) is 0 Å². The molecule has 16 heavy (non-hydrogen) atoms. The monoisotopic (exact) mass is 226 g/mol. The highest BCUT2D eigenvalue weighted by Gasteiger charge is 2.55. The van der Waals surface area contributed by atoms with E-state index in [1.54, 1.807) is 0 Å². The van der Waals surface area contributed by atoms with E-state index in [1.807, 2.05) is 0 Å². The van der Waals surface area contributed by atoms with Crippen LogP contribution in [-0.2, 0) is 9.47 Å². The van der Waals surface area contributed by atoms with Crippen LogP contribution in [0.2, 0.25) is 0 Å². The van der Waals surface area contributed by atoms with Crippen molar-refractivity contribution < 1.29 is 19.2 Å². The van der Waals surface area contributed by atoms with Gasteiger partial charge in [-0.05, 0) is 10.3 Å². The van der Waals surface area contributed by atoms with E-state index in [0.29, 0.717) is 24.7 Å². The Kier molecular flexibility index (Phi) is 1.45. The van der Waals surface area contributed by atoms with Crippen LogP contribution in [0.5, 0.6) is 0 Å². The Hall–Kier alpha value is -1.38. The molecule has 2 fully saturated rings. The molecule has 8 heteroatoms. The van der Waals surface area contributed by atoms with Crippen LogP contribution in [0.4, 0.5) is 11.6 Å². The van der Waals surface area contributed by atoms with Gasteiger partial charge in [0.1, 0.15) is 6.10 Å². The molecule has 8 nitrogen and oxygen atoms in total. The number of hydrogen-bond acceptors (Lipinski definition) is 8. The van der Waals surface area contributed by atoms with E-state index in [4.69, 9.17) is 9.47 Å². The van der Waals surface area contributed by atoms with Gasteiger partial charge < -0.3 is 25.2 Å². The number of hydrogen-bond donors (Lipinski definition) is 3. The molecule has 4 bridgehead atoms. The molecule has 4 rings (SSSR count). The maximum Gasteiger partial charge on any atom is 0.217 e. The molecular weight excluding hydrogens is 216 g/mol. The van der Waals surface area contributed by atoms with Crippen LogP contribution in [0.3, 0.4) is 0 Å². The van der Waals surface area contributed by atoms with Crippen molar-refractivity contribution in [2.24, 2.45) is 0 Å². The third-order valence-electron chi connectivity index (χ3n) is 3.23. The van der Waals surface area contributed by atoms with Crippen molar-refractivity contribution in [2.75, 3.05) is 17.2 Å². The first kappa shape index (κ1) is 8.74. The third-order valence-corrected chi connectivity index (χ3v) is 3.23. The number of nitrogens with one attached hydrogen (secondary N) is 2. The minimum atomic E-state index is -1.28. The molecule has 0 aliphatic carbocycles. The second kappa shape index (κ2) is 2.65. The van der Waals surface area contributed by atoms with Gasteiger partial charge in [-0.25, -0.2) is 4.63 Å².